The van der Waals surface area contributed by atoms with Gasteiger partial charge in [0.15, 0.2) is 6.04 Å². The minimum Gasteiger partial charge on any atom is -0.467 e. The van der Waals surface area contributed by atoms with Gasteiger partial charge in [0, 0.05) is 19.3 Å². The Bertz CT molecular complexity index is 1280. The van der Waals surface area contributed by atoms with Gasteiger partial charge in [-0.3, -0.25) is 14.5 Å². The van der Waals surface area contributed by atoms with Crippen LogP contribution in [0.25, 0.3) is 11.0 Å². The summed E-state index contributed by atoms with van der Waals surface area (Å²) < 4.78 is 12.2. The zero-order valence-corrected chi connectivity index (χ0v) is 19.4. The highest BCUT2D eigenvalue weighted by molar-refractivity contribution is 6.01. The molecule has 176 valence electrons. The van der Waals surface area contributed by atoms with E-state index in [1.807, 2.05) is 56.3 Å². The molecule has 0 aliphatic carbocycles. The van der Waals surface area contributed by atoms with Crippen LogP contribution in [0.1, 0.15) is 22.9 Å². The van der Waals surface area contributed by atoms with Crippen molar-refractivity contribution in [3.8, 4) is 0 Å². The molecule has 2 amide bonds. The molecule has 0 spiro atoms. The smallest absolute Gasteiger partial charge is 0.251 e. The van der Waals surface area contributed by atoms with Crippen molar-refractivity contribution in [3.63, 3.8) is 0 Å². The van der Waals surface area contributed by atoms with E-state index >= 15 is 0 Å². The molecule has 34 heavy (non-hydrogen) atoms. The first-order valence-electron chi connectivity index (χ1n) is 11.0. The minimum absolute atomic E-state index is 0.101. The number of nitrogens with one attached hydrogen (secondary N) is 1. The summed E-state index contributed by atoms with van der Waals surface area (Å²) in [7, 11) is 1.56. The summed E-state index contributed by atoms with van der Waals surface area (Å²) in [6.45, 7) is 4.51. The predicted octanol–water partition coefficient (Wildman–Crippen LogP) is 3.18. The van der Waals surface area contributed by atoms with Crippen molar-refractivity contribution in [2.45, 2.75) is 26.4 Å². The number of para-hydroxylation sites is 1. The maximum Gasteiger partial charge on any atom is 0.251 e. The Morgan fingerprint density at radius 1 is 1.12 bits per heavy atom. The number of methoxy groups -OCH3 is 1. The second kappa shape index (κ2) is 10.3. The largest absolute Gasteiger partial charge is 0.467 e. The maximum atomic E-state index is 13.8. The fourth-order valence-electron chi connectivity index (χ4n) is 3.74. The number of carbonyl (C=O) groups is 2. The third-order valence-electron chi connectivity index (χ3n) is 5.67. The number of ether oxygens (including phenoxy) is 1. The molecule has 0 aliphatic rings. The number of hydrogen-bond acceptors (Lipinski definition) is 6. The number of nitrogens with zero attached hydrogens (tertiary/aromatic N) is 4. The van der Waals surface area contributed by atoms with E-state index in [-0.39, 0.29) is 18.4 Å². The van der Waals surface area contributed by atoms with Crippen molar-refractivity contribution in [1.29, 1.82) is 0 Å². The lowest BCUT2D eigenvalue weighted by Gasteiger charge is -2.30. The van der Waals surface area contributed by atoms with Gasteiger partial charge in [0.1, 0.15) is 17.8 Å². The number of benzene rings is 2. The quantitative estimate of drug-likeness (QED) is 0.384. The number of hydrogen-bond donors (Lipinski definition) is 1. The first-order valence-corrected chi connectivity index (χ1v) is 11.0. The molecule has 0 radical (unpaired) electrons. The Hall–Kier alpha value is -3.98. The van der Waals surface area contributed by atoms with Gasteiger partial charge in [-0.2, -0.15) is 0 Å². The van der Waals surface area contributed by atoms with Gasteiger partial charge in [-0.15, -0.1) is 5.10 Å². The molecule has 9 nitrogen and oxygen atoms in total. The van der Waals surface area contributed by atoms with E-state index in [1.165, 1.54) is 15.8 Å². The molecular formula is C25H27N5O4. The average Bonchev–Trinajstić information content (AvgIpc) is 3.50. The molecule has 2 aromatic heterocycles. The summed E-state index contributed by atoms with van der Waals surface area (Å²) in [5.74, 6) is -0.353. The molecule has 2 aromatic carbocycles. The van der Waals surface area contributed by atoms with Crippen LogP contribution in [0.15, 0.2) is 65.3 Å². The lowest BCUT2D eigenvalue weighted by atomic mass is 10.1. The molecule has 0 bridgehead atoms. The van der Waals surface area contributed by atoms with Crippen molar-refractivity contribution >= 4 is 28.5 Å². The van der Waals surface area contributed by atoms with Crippen LogP contribution >= 0.6 is 0 Å². The molecule has 4 rings (SSSR count). The molecule has 0 saturated carbocycles. The van der Waals surface area contributed by atoms with Gasteiger partial charge in [0.2, 0.25) is 5.91 Å². The highest BCUT2D eigenvalue weighted by Crippen LogP contribution is 2.30. The Morgan fingerprint density at radius 3 is 2.68 bits per heavy atom. The Kier molecular flexibility index (Phi) is 7.03. The third-order valence-corrected chi connectivity index (χ3v) is 5.67. The molecule has 2 heterocycles. The molecule has 0 unspecified atom stereocenters. The first-order chi connectivity index (χ1) is 16.5. The Morgan fingerprint density at radius 2 is 1.94 bits per heavy atom. The summed E-state index contributed by atoms with van der Waals surface area (Å²) in [5, 5.41) is 11.1. The van der Waals surface area contributed by atoms with Crippen molar-refractivity contribution in [1.82, 2.24) is 20.3 Å². The zero-order valence-electron chi connectivity index (χ0n) is 19.4. The van der Waals surface area contributed by atoms with Crippen LogP contribution < -0.4 is 10.2 Å². The van der Waals surface area contributed by atoms with Crippen LogP contribution in [0, 0.1) is 13.8 Å². The fourth-order valence-corrected chi connectivity index (χ4v) is 3.74. The third kappa shape index (κ3) is 4.84. The Balaban J connectivity index is 1.76. The van der Waals surface area contributed by atoms with Gasteiger partial charge in [-0.1, -0.05) is 23.4 Å². The van der Waals surface area contributed by atoms with Crippen molar-refractivity contribution in [2.24, 2.45) is 0 Å². The summed E-state index contributed by atoms with van der Waals surface area (Å²) in [4.78, 5) is 28.6. The standard InChI is InChI=1S/C25H27N5O4/c1-17-10-11-19(15-18(17)2)30(23(31)16-29-21-8-5-4-7-20(21)27-28-29)24(22-9-6-13-34-22)25(32)26-12-14-33-3/h4-11,13,15,24H,12,14,16H2,1-3H3,(H,26,32)/t24-/m1/s1. The second-order valence-corrected chi connectivity index (χ2v) is 7.97. The summed E-state index contributed by atoms with van der Waals surface area (Å²) in [6, 6.07) is 15.4. The normalized spacial score (nSPS) is 12.0. The zero-order chi connectivity index (χ0) is 24.1. The summed E-state index contributed by atoms with van der Waals surface area (Å²) >= 11 is 0. The molecule has 0 fully saturated rings. The van der Waals surface area contributed by atoms with Crippen LogP contribution in [0.3, 0.4) is 0 Å². The van der Waals surface area contributed by atoms with Gasteiger partial charge in [-0.05, 0) is 61.4 Å². The highest BCUT2D eigenvalue weighted by Gasteiger charge is 2.35. The number of aryl methyl sites for hydroxylation is 2. The van der Waals surface area contributed by atoms with Crippen LogP contribution in [-0.2, 0) is 20.9 Å². The van der Waals surface area contributed by atoms with E-state index in [0.29, 0.717) is 30.1 Å². The molecule has 9 heteroatoms. The van der Waals surface area contributed by atoms with E-state index in [2.05, 4.69) is 15.6 Å². The lowest BCUT2D eigenvalue weighted by Crippen LogP contribution is -2.45. The van der Waals surface area contributed by atoms with E-state index in [0.717, 1.165) is 16.6 Å². The van der Waals surface area contributed by atoms with Crippen LogP contribution in [0.4, 0.5) is 5.69 Å². The number of aromatic nitrogens is 3. The van der Waals surface area contributed by atoms with Gasteiger partial charge in [0.25, 0.3) is 5.91 Å². The van der Waals surface area contributed by atoms with Gasteiger partial charge in [-0.25, -0.2) is 4.68 Å². The molecule has 0 saturated heterocycles. The molecule has 0 aliphatic heterocycles. The Labute approximate surface area is 197 Å². The van der Waals surface area contributed by atoms with Gasteiger partial charge in [0.05, 0.1) is 18.4 Å². The van der Waals surface area contributed by atoms with Gasteiger partial charge >= 0.3 is 0 Å². The number of rotatable bonds is 9. The van der Waals surface area contributed by atoms with E-state index in [4.69, 9.17) is 9.15 Å². The fraction of sp³-hybridized carbons (Fsp3) is 0.280. The maximum absolute atomic E-state index is 13.8. The summed E-state index contributed by atoms with van der Waals surface area (Å²) in [5.41, 5.74) is 4.08. The summed E-state index contributed by atoms with van der Waals surface area (Å²) in [6.07, 6.45) is 1.48. The number of anilines is 1. The average molecular weight is 462 g/mol. The number of amides is 2. The van der Waals surface area contributed by atoms with E-state index in [9.17, 15) is 9.59 Å². The predicted molar refractivity (Wildman–Crippen MR) is 127 cm³/mol. The lowest BCUT2D eigenvalue weighted by molar-refractivity contribution is -0.127. The SMILES string of the molecule is COCCNC(=O)[C@@H](c1ccco1)N(C(=O)Cn1nnc2ccccc21)c1ccc(C)c(C)c1. The molecular weight excluding hydrogens is 434 g/mol. The van der Waals surface area contributed by atoms with Crippen LogP contribution in [-0.4, -0.2) is 47.1 Å². The monoisotopic (exact) mass is 461 g/mol. The molecule has 1 atom stereocenters. The number of furan rings is 1. The molecule has 4 aromatic rings. The van der Waals surface area contributed by atoms with Gasteiger partial charge < -0.3 is 14.5 Å². The van der Waals surface area contributed by atoms with Crippen molar-refractivity contribution in [2.75, 3.05) is 25.2 Å². The second-order valence-electron chi connectivity index (χ2n) is 7.97. The highest BCUT2D eigenvalue weighted by atomic mass is 16.5. The molecule has 1 N–H and O–H groups in total. The number of carbonyl (C=O) groups excluding carboxylic acids is 2. The van der Waals surface area contributed by atoms with Crippen LogP contribution in [0.2, 0.25) is 0 Å². The van der Waals surface area contributed by atoms with Crippen molar-refractivity contribution in [3.05, 3.63) is 77.7 Å². The van der Waals surface area contributed by atoms with E-state index in [1.54, 1.807) is 19.2 Å². The van der Waals surface area contributed by atoms with E-state index < -0.39 is 6.04 Å². The van der Waals surface area contributed by atoms with Crippen molar-refractivity contribution < 1.29 is 18.7 Å². The topological polar surface area (TPSA) is 102 Å². The minimum atomic E-state index is -1.02. The van der Waals surface area contributed by atoms with Crippen LogP contribution in [0.5, 0.6) is 0 Å². The number of fused-ring (bicyclic) bond motifs is 1. The first kappa shape index (κ1) is 23.2.